The molecule has 1 saturated heterocycles. The molecule has 2 rings (SSSR count). The first-order valence-electron chi connectivity index (χ1n) is 5.43. The maximum atomic E-state index is 11.9. The topological polar surface area (TPSA) is 31.0 Å². The van der Waals surface area contributed by atoms with Crippen molar-refractivity contribution in [3.63, 3.8) is 0 Å². The number of ether oxygens (including phenoxy) is 3. The molecule has 1 fully saturated rings. The van der Waals surface area contributed by atoms with Crippen LogP contribution >= 0.6 is 0 Å². The van der Waals surface area contributed by atoms with Gasteiger partial charge in [0.25, 0.3) is 0 Å². The first-order valence-corrected chi connectivity index (χ1v) is 5.43. The van der Waals surface area contributed by atoms with E-state index in [0.717, 1.165) is 5.56 Å². The lowest BCUT2D eigenvalue weighted by atomic mass is 10.2. The predicted octanol–water partition coefficient (Wildman–Crippen LogP) is 2.89. The SMILES string of the molecule is C[C@]1(COCc2ccc(OC(F)(F)F)cc2)CO1. The summed E-state index contributed by atoms with van der Waals surface area (Å²) in [5, 5.41) is 0. The molecule has 1 atom stereocenters. The van der Waals surface area contributed by atoms with Crippen LogP contribution in [0.4, 0.5) is 13.2 Å². The number of hydrogen-bond donors (Lipinski definition) is 0. The predicted molar refractivity (Wildman–Crippen MR) is 57.1 cm³/mol. The largest absolute Gasteiger partial charge is 0.573 e. The molecule has 0 unspecified atom stereocenters. The molecule has 6 heteroatoms. The van der Waals surface area contributed by atoms with Crippen molar-refractivity contribution in [2.45, 2.75) is 25.5 Å². The van der Waals surface area contributed by atoms with Crippen molar-refractivity contribution in [1.29, 1.82) is 0 Å². The van der Waals surface area contributed by atoms with Crippen LogP contribution < -0.4 is 4.74 Å². The first-order chi connectivity index (χ1) is 8.36. The van der Waals surface area contributed by atoms with Crippen molar-refractivity contribution in [2.75, 3.05) is 13.2 Å². The van der Waals surface area contributed by atoms with Crippen LogP contribution in [0.25, 0.3) is 0 Å². The molecule has 100 valence electrons. The highest BCUT2D eigenvalue weighted by atomic mass is 19.4. The second-order valence-electron chi connectivity index (χ2n) is 4.42. The number of epoxide rings is 1. The second kappa shape index (κ2) is 4.78. The Kier molecular flexibility index (Phi) is 3.49. The molecular weight excluding hydrogens is 249 g/mol. The maximum Gasteiger partial charge on any atom is 0.573 e. The number of hydrogen-bond acceptors (Lipinski definition) is 3. The van der Waals surface area contributed by atoms with E-state index in [-0.39, 0.29) is 11.4 Å². The van der Waals surface area contributed by atoms with Gasteiger partial charge in [0.2, 0.25) is 0 Å². The number of benzene rings is 1. The first kappa shape index (κ1) is 13.2. The van der Waals surface area contributed by atoms with E-state index in [1.807, 2.05) is 6.92 Å². The molecule has 0 aromatic heterocycles. The molecule has 3 nitrogen and oxygen atoms in total. The van der Waals surface area contributed by atoms with Gasteiger partial charge in [0, 0.05) is 0 Å². The molecule has 1 heterocycles. The zero-order valence-electron chi connectivity index (χ0n) is 9.79. The quantitative estimate of drug-likeness (QED) is 0.764. The normalized spacial score (nSPS) is 22.9. The summed E-state index contributed by atoms with van der Waals surface area (Å²) in [6.45, 7) is 3.44. The van der Waals surface area contributed by atoms with Crippen LogP contribution in [0.1, 0.15) is 12.5 Å². The summed E-state index contributed by atoms with van der Waals surface area (Å²) in [5.41, 5.74) is 0.605. The van der Waals surface area contributed by atoms with Crippen molar-refractivity contribution < 1.29 is 27.4 Å². The minimum Gasteiger partial charge on any atom is -0.406 e. The number of halogens is 3. The zero-order chi connectivity index (χ0) is 13.2. The third-order valence-electron chi connectivity index (χ3n) is 2.47. The zero-order valence-corrected chi connectivity index (χ0v) is 9.79. The molecule has 0 saturated carbocycles. The standard InChI is InChI=1S/C12H13F3O3/c1-11(8-17-11)7-16-6-9-2-4-10(5-3-9)18-12(13,14)15/h2-5H,6-8H2,1H3/t11-/m0/s1. The van der Waals surface area contributed by atoms with Gasteiger partial charge in [0.1, 0.15) is 11.4 Å². The molecule has 0 amide bonds. The maximum absolute atomic E-state index is 11.9. The number of rotatable bonds is 5. The van der Waals surface area contributed by atoms with Crippen molar-refractivity contribution >= 4 is 0 Å². The fourth-order valence-electron chi connectivity index (χ4n) is 1.38. The van der Waals surface area contributed by atoms with E-state index >= 15 is 0 Å². The third kappa shape index (κ3) is 4.19. The van der Waals surface area contributed by atoms with Gasteiger partial charge in [0.05, 0.1) is 19.8 Å². The van der Waals surface area contributed by atoms with E-state index in [1.165, 1.54) is 24.3 Å². The minimum absolute atomic E-state index is 0.181. The smallest absolute Gasteiger partial charge is 0.406 e. The molecule has 0 bridgehead atoms. The Balaban J connectivity index is 1.80. The fourth-order valence-corrected chi connectivity index (χ4v) is 1.38. The van der Waals surface area contributed by atoms with Gasteiger partial charge in [-0.25, -0.2) is 0 Å². The highest BCUT2D eigenvalue weighted by molar-refractivity contribution is 5.27. The van der Waals surface area contributed by atoms with Crippen molar-refractivity contribution in [3.05, 3.63) is 29.8 Å². The molecule has 1 aromatic carbocycles. The van der Waals surface area contributed by atoms with Gasteiger partial charge in [-0.05, 0) is 24.6 Å². The highest BCUT2D eigenvalue weighted by Gasteiger charge is 2.39. The third-order valence-corrected chi connectivity index (χ3v) is 2.47. The molecule has 1 aromatic rings. The van der Waals surface area contributed by atoms with Crippen molar-refractivity contribution in [1.82, 2.24) is 0 Å². The van der Waals surface area contributed by atoms with Crippen molar-refractivity contribution in [3.8, 4) is 5.75 Å². The van der Waals surface area contributed by atoms with E-state index in [9.17, 15) is 13.2 Å². The summed E-state index contributed by atoms with van der Waals surface area (Å²) in [7, 11) is 0. The van der Waals surface area contributed by atoms with Gasteiger partial charge in [-0.15, -0.1) is 13.2 Å². The van der Waals surface area contributed by atoms with Gasteiger partial charge in [0.15, 0.2) is 0 Å². The second-order valence-corrected chi connectivity index (χ2v) is 4.42. The van der Waals surface area contributed by atoms with Crippen LogP contribution in [0, 0.1) is 0 Å². The van der Waals surface area contributed by atoms with Gasteiger partial charge in [-0.1, -0.05) is 12.1 Å². The molecular formula is C12H13F3O3. The summed E-state index contributed by atoms with van der Waals surface area (Å²) in [6.07, 6.45) is -4.66. The number of alkyl halides is 3. The fraction of sp³-hybridized carbons (Fsp3) is 0.500. The molecule has 0 N–H and O–H groups in total. The molecule has 0 radical (unpaired) electrons. The van der Waals surface area contributed by atoms with Gasteiger partial charge in [-0.2, -0.15) is 0 Å². The Bertz CT molecular complexity index is 396. The minimum atomic E-state index is -4.66. The summed E-state index contributed by atoms with van der Waals surface area (Å²) in [5.74, 6) is -0.233. The van der Waals surface area contributed by atoms with Gasteiger partial charge < -0.3 is 14.2 Å². The van der Waals surface area contributed by atoms with Crippen LogP contribution in [0.15, 0.2) is 24.3 Å². The van der Waals surface area contributed by atoms with Crippen LogP contribution in [0.5, 0.6) is 5.75 Å². The summed E-state index contributed by atoms with van der Waals surface area (Å²) < 4.78 is 50.1. The molecule has 0 spiro atoms. The molecule has 1 aliphatic rings. The highest BCUT2D eigenvalue weighted by Crippen LogP contribution is 2.26. The lowest BCUT2D eigenvalue weighted by Gasteiger charge is -2.10. The summed E-state index contributed by atoms with van der Waals surface area (Å²) in [6, 6.07) is 5.61. The Morgan fingerprint density at radius 3 is 2.39 bits per heavy atom. The van der Waals surface area contributed by atoms with Crippen LogP contribution in [-0.2, 0) is 16.1 Å². The Hall–Kier alpha value is -1.27. The lowest BCUT2D eigenvalue weighted by molar-refractivity contribution is -0.274. The van der Waals surface area contributed by atoms with Crippen LogP contribution in [0.2, 0.25) is 0 Å². The monoisotopic (exact) mass is 262 g/mol. The molecule has 1 aliphatic heterocycles. The van der Waals surface area contributed by atoms with E-state index in [0.29, 0.717) is 19.8 Å². The van der Waals surface area contributed by atoms with Crippen LogP contribution in [-0.4, -0.2) is 25.2 Å². The van der Waals surface area contributed by atoms with E-state index < -0.39 is 6.36 Å². The van der Waals surface area contributed by atoms with Gasteiger partial charge in [-0.3, -0.25) is 0 Å². The summed E-state index contributed by atoms with van der Waals surface area (Å²) >= 11 is 0. The average Bonchev–Trinajstić information content (AvgIpc) is 2.97. The van der Waals surface area contributed by atoms with E-state index in [2.05, 4.69) is 4.74 Å². The average molecular weight is 262 g/mol. The van der Waals surface area contributed by atoms with Crippen molar-refractivity contribution in [2.24, 2.45) is 0 Å². The van der Waals surface area contributed by atoms with Gasteiger partial charge >= 0.3 is 6.36 Å². The van der Waals surface area contributed by atoms with E-state index in [4.69, 9.17) is 9.47 Å². The Morgan fingerprint density at radius 1 is 1.28 bits per heavy atom. The summed E-state index contributed by atoms with van der Waals surface area (Å²) in [4.78, 5) is 0. The molecule has 0 aliphatic carbocycles. The van der Waals surface area contributed by atoms with Crippen LogP contribution in [0.3, 0.4) is 0 Å². The Labute approximate surface area is 102 Å². The van der Waals surface area contributed by atoms with E-state index in [1.54, 1.807) is 0 Å². The Morgan fingerprint density at radius 2 is 1.89 bits per heavy atom. The molecule has 18 heavy (non-hydrogen) atoms. The lowest BCUT2D eigenvalue weighted by Crippen LogP contribution is -2.17.